The fraction of sp³-hybridized carbons (Fsp3) is 0.714. The molecule has 2 heterocycles. The van der Waals surface area contributed by atoms with Crippen molar-refractivity contribution in [3.05, 3.63) is 33.2 Å². The molecule has 2 fully saturated rings. The average molecular weight is 533 g/mol. The number of nitrogens with zero attached hydrogens (tertiary/aromatic N) is 1. The zero-order valence-corrected chi connectivity index (χ0v) is 22.7. The van der Waals surface area contributed by atoms with Crippen LogP contribution in [0.3, 0.4) is 0 Å². The van der Waals surface area contributed by atoms with Gasteiger partial charge >= 0.3 is 17.7 Å². The van der Waals surface area contributed by atoms with Gasteiger partial charge in [0.05, 0.1) is 6.61 Å². The zero-order chi connectivity index (χ0) is 27.5. The SMILES string of the molecule is CC(=O)OC(NC(=O)c1cc2c(n(CC3CCCCC3)c1=O)CCCCCC2)(C(=O)O)C1COC(C)(C)O1. The van der Waals surface area contributed by atoms with Gasteiger partial charge in [0.1, 0.15) is 5.56 Å². The molecule has 210 valence electrons. The first-order chi connectivity index (χ1) is 18.0. The Balaban J connectivity index is 1.75. The highest BCUT2D eigenvalue weighted by molar-refractivity contribution is 5.98. The molecule has 1 saturated carbocycles. The van der Waals surface area contributed by atoms with Gasteiger partial charge in [0.2, 0.25) is 0 Å². The molecule has 1 aromatic rings. The summed E-state index contributed by atoms with van der Waals surface area (Å²) in [7, 11) is 0. The summed E-state index contributed by atoms with van der Waals surface area (Å²) in [5.41, 5.74) is -1.24. The summed E-state index contributed by atoms with van der Waals surface area (Å²) < 4.78 is 18.2. The summed E-state index contributed by atoms with van der Waals surface area (Å²) in [5.74, 6) is -4.25. The highest BCUT2D eigenvalue weighted by Crippen LogP contribution is 2.31. The summed E-state index contributed by atoms with van der Waals surface area (Å²) in [4.78, 5) is 52.1. The predicted molar refractivity (Wildman–Crippen MR) is 138 cm³/mol. The molecule has 10 nitrogen and oxygen atoms in total. The Bertz CT molecular complexity index is 1120. The van der Waals surface area contributed by atoms with Gasteiger partial charge in [0, 0.05) is 19.2 Å². The van der Waals surface area contributed by atoms with E-state index in [-0.39, 0.29) is 12.2 Å². The third-order valence-electron chi connectivity index (χ3n) is 7.89. The lowest BCUT2D eigenvalue weighted by molar-refractivity contribution is -0.208. The number of carboxylic acids is 1. The molecule has 2 unspecified atom stereocenters. The fourth-order valence-electron chi connectivity index (χ4n) is 5.97. The molecular weight excluding hydrogens is 492 g/mol. The second kappa shape index (κ2) is 11.6. The molecule has 0 bridgehead atoms. The molecule has 0 spiro atoms. The number of rotatable bonds is 7. The van der Waals surface area contributed by atoms with Crippen molar-refractivity contribution in [3.8, 4) is 0 Å². The van der Waals surface area contributed by atoms with Crippen molar-refractivity contribution in [1.29, 1.82) is 0 Å². The molecule has 2 atom stereocenters. The van der Waals surface area contributed by atoms with Crippen molar-refractivity contribution in [1.82, 2.24) is 9.88 Å². The second-order valence-corrected chi connectivity index (χ2v) is 11.3. The number of ether oxygens (including phenoxy) is 3. The number of fused-ring (bicyclic) bond motifs is 1. The second-order valence-electron chi connectivity index (χ2n) is 11.3. The van der Waals surface area contributed by atoms with Gasteiger partial charge in [-0.1, -0.05) is 32.1 Å². The van der Waals surface area contributed by atoms with Crippen LogP contribution in [0.25, 0.3) is 0 Å². The van der Waals surface area contributed by atoms with Crippen LogP contribution in [0.5, 0.6) is 0 Å². The topological polar surface area (TPSA) is 133 Å². The zero-order valence-electron chi connectivity index (χ0n) is 22.7. The Labute approximate surface area is 223 Å². The quantitative estimate of drug-likeness (QED) is 0.404. The van der Waals surface area contributed by atoms with Crippen LogP contribution in [0.4, 0.5) is 0 Å². The molecular formula is C28H40N2O8. The number of carbonyl (C=O) groups is 3. The van der Waals surface area contributed by atoms with E-state index >= 15 is 0 Å². The lowest BCUT2D eigenvalue weighted by Crippen LogP contribution is -2.65. The first-order valence-corrected chi connectivity index (χ1v) is 13.9. The van der Waals surface area contributed by atoms with Gasteiger partial charge in [0.15, 0.2) is 11.9 Å². The van der Waals surface area contributed by atoms with E-state index in [1.165, 1.54) is 6.42 Å². The van der Waals surface area contributed by atoms with E-state index in [0.717, 1.165) is 82.4 Å². The molecule has 1 aliphatic heterocycles. The summed E-state index contributed by atoms with van der Waals surface area (Å²) in [6.45, 7) is 4.54. The van der Waals surface area contributed by atoms with Gasteiger partial charge in [-0.15, -0.1) is 0 Å². The minimum Gasteiger partial charge on any atom is -0.477 e. The van der Waals surface area contributed by atoms with Crippen LogP contribution in [0.1, 0.15) is 100 Å². The smallest absolute Gasteiger partial charge is 0.373 e. The van der Waals surface area contributed by atoms with Crippen molar-refractivity contribution in [2.45, 2.75) is 116 Å². The summed E-state index contributed by atoms with van der Waals surface area (Å²) in [5, 5.41) is 12.6. The Hall–Kier alpha value is -2.72. The first-order valence-electron chi connectivity index (χ1n) is 13.9. The molecule has 0 aromatic carbocycles. The maximum absolute atomic E-state index is 13.8. The highest BCUT2D eigenvalue weighted by Gasteiger charge is 2.57. The van der Waals surface area contributed by atoms with Crippen molar-refractivity contribution in [2.24, 2.45) is 5.92 Å². The largest absolute Gasteiger partial charge is 0.477 e. The number of aliphatic carboxylic acids is 1. The third-order valence-corrected chi connectivity index (χ3v) is 7.89. The van der Waals surface area contributed by atoms with E-state index < -0.39 is 41.0 Å². The Morgan fingerprint density at radius 1 is 1.11 bits per heavy atom. The van der Waals surface area contributed by atoms with Crippen LogP contribution >= 0.6 is 0 Å². The average Bonchev–Trinajstić information content (AvgIpc) is 3.21. The van der Waals surface area contributed by atoms with Crippen LogP contribution in [0.2, 0.25) is 0 Å². The Morgan fingerprint density at radius 3 is 2.37 bits per heavy atom. The van der Waals surface area contributed by atoms with E-state index in [9.17, 15) is 24.3 Å². The minimum atomic E-state index is -2.57. The van der Waals surface area contributed by atoms with Crippen LogP contribution in [-0.4, -0.2) is 51.7 Å². The van der Waals surface area contributed by atoms with Gasteiger partial charge in [0.25, 0.3) is 11.5 Å². The number of nitrogens with one attached hydrogen (secondary N) is 1. The molecule has 38 heavy (non-hydrogen) atoms. The van der Waals surface area contributed by atoms with Crippen molar-refractivity contribution >= 4 is 17.8 Å². The summed E-state index contributed by atoms with van der Waals surface area (Å²) >= 11 is 0. The van der Waals surface area contributed by atoms with Crippen LogP contribution < -0.4 is 10.9 Å². The molecule has 2 N–H and O–H groups in total. The van der Waals surface area contributed by atoms with E-state index in [1.807, 2.05) is 0 Å². The number of hydrogen-bond donors (Lipinski definition) is 2. The number of aromatic nitrogens is 1. The van der Waals surface area contributed by atoms with E-state index in [1.54, 1.807) is 24.5 Å². The molecule has 3 aliphatic rings. The number of aryl methyl sites for hydroxylation is 1. The van der Waals surface area contributed by atoms with Crippen LogP contribution in [0.15, 0.2) is 10.9 Å². The van der Waals surface area contributed by atoms with Gasteiger partial charge in [-0.2, -0.15) is 0 Å². The first kappa shape index (κ1) is 28.3. The van der Waals surface area contributed by atoms with Gasteiger partial charge in [-0.05, 0) is 69.9 Å². The minimum absolute atomic E-state index is 0.156. The lowest BCUT2D eigenvalue weighted by Gasteiger charge is -2.34. The monoisotopic (exact) mass is 532 g/mol. The summed E-state index contributed by atoms with van der Waals surface area (Å²) in [6.07, 6.45) is 9.83. The Morgan fingerprint density at radius 2 is 1.76 bits per heavy atom. The van der Waals surface area contributed by atoms with Crippen LogP contribution in [-0.2, 0) is 43.2 Å². The fourth-order valence-corrected chi connectivity index (χ4v) is 5.97. The Kier molecular flexibility index (Phi) is 8.62. The molecule has 4 rings (SSSR count). The highest BCUT2D eigenvalue weighted by atomic mass is 16.8. The van der Waals surface area contributed by atoms with Gasteiger partial charge in [-0.3, -0.25) is 14.4 Å². The van der Waals surface area contributed by atoms with Crippen LogP contribution in [0, 0.1) is 5.92 Å². The number of hydrogen-bond acceptors (Lipinski definition) is 7. The summed E-state index contributed by atoms with van der Waals surface area (Å²) in [6, 6.07) is 1.60. The normalized spacial score (nSPS) is 23.4. The predicted octanol–water partition coefficient (Wildman–Crippen LogP) is 3.31. The lowest BCUT2D eigenvalue weighted by atomic mass is 9.88. The maximum atomic E-state index is 13.8. The van der Waals surface area contributed by atoms with Gasteiger partial charge < -0.3 is 29.2 Å². The molecule has 2 aliphatic carbocycles. The molecule has 1 aromatic heterocycles. The number of amides is 1. The molecule has 0 radical (unpaired) electrons. The molecule has 1 amide bonds. The van der Waals surface area contributed by atoms with E-state index in [2.05, 4.69) is 5.32 Å². The maximum Gasteiger partial charge on any atom is 0.373 e. The van der Waals surface area contributed by atoms with E-state index in [4.69, 9.17) is 14.2 Å². The number of esters is 1. The molecule has 10 heteroatoms. The number of pyridine rings is 1. The van der Waals surface area contributed by atoms with Crippen molar-refractivity contribution in [3.63, 3.8) is 0 Å². The van der Waals surface area contributed by atoms with Gasteiger partial charge in [-0.25, -0.2) is 4.79 Å². The van der Waals surface area contributed by atoms with Crippen molar-refractivity contribution in [2.75, 3.05) is 6.61 Å². The van der Waals surface area contributed by atoms with E-state index in [0.29, 0.717) is 12.5 Å². The molecule has 1 saturated heterocycles. The number of carboxylic acid groups (broad SMARTS) is 1. The standard InChI is InChI=1S/C28H40N2O8/c1-18(31)37-28(26(34)35,23-17-36-27(2,3)38-23)29-24(32)21-15-20-13-9-4-5-10-14-22(20)30(25(21)33)16-19-11-7-6-8-12-19/h15,19,23H,4-14,16-17H2,1-3H3,(H,29,32)(H,34,35). The third kappa shape index (κ3) is 6.12. The number of carbonyl (C=O) groups excluding carboxylic acids is 2. The van der Waals surface area contributed by atoms with Crippen molar-refractivity contribution < 1.29 is 33.7 Å².